The van der Waals surface area contributed by atoms with Crippen molar-refractivity contribution < 1.29 is 13.2 Å². The lowest BCUT2D eigenvalue weighted by atomic mass is 10.0. The first-order valence-corrected chi connectivity index (χ1v) is 10.4. The Labute approximate surface area is 144 Å². The van der Waals surface area contributed by atoms with Crippen molar-refractivity contribution in [3.63, 3.8) is 0 Å². The fourth-order valence-electron chi connectivity index (χ4n) is 2.82. The van der Waals surface area contributed by atoms with E-state index in [0.717, 1.165) is 24.4 Å². The van der Waals surface area contributed by atoms with E-state index in [4.69, 9.17) is 4.74 Å². The number of nitrogens with one attached hydrogen (secondary N) is 1. The lowest BCUT2D eigenvalue weighted by molar-refractivity contribution is -0.0945. The molecule has 1 N–H and O–H groups in total. The van der Waals surface area contributed by atoms with Gasteiger partial charge in [-0.3, -0.25) is 4.90 Å². The minimum Gasteiger partial charge on any atom is -0.373 e. The third-order valence-electron chi connectivity index (χ3n) is 4.22. The molecule has 0 aromatic carbocycles. The number of nitrogens with zero attached hydrogens (tertiary/aromatic N) is 1. The monoisotopic (exact) mass is 360 g/mol. The zero-order chi connectivity index (χ0) is 17.3. The summed E-state index contributed by atoms with van der Waals surface area (Å²) in [4.78, 5) is 3.39. The van der Waals surface area contributed by atoms with E-state index in [2.05, 4.69) is 37.3 Å². The summed E-state index contributed by atoms with van der Waals surface area (Å²) in [5.41, 5.74) is -0.260. The zero-order valence-corrected chi connectivity index (χ0v) is 16.3. The molecule has 7 heteroatoms. The highest BCUT2D eigenvalue weighted by atomic mass is 32.2. The third-order valence-corrected chi connectivity index (χ3v) is 7.34. The van der Waals surface area contributed by atoms with Gasteiger partial charge in [-0.1, -0.05) is 6.92 Å². The van der Waals surface area contributed by atoms with E-state index in [1.807, 2.05) is 13.0 Å². The third kappa shape index (κ3) is 4.76. The van der Waals surface area contributed by atoms with Gasteiger partial charge < -0.3 is 4.74 Å². The fraction of sp³-hybridized carbons (Fsp3) is 0.750. The maximum Gasteiger partial charge on any atom is 0.250 e. The fourth-order valence-corrected chi connectivity index (χ4v) is 5.36. The van der Waals surface area contributed by atoms with E-state index in [1.165, 1.54) is 11.3 Å². The smallest absolute Gasteiger partial charge is 0.250 e. The molecule has 0 aliphatic carbocycles. The molecule has 1 aliphatic heterocycles. The van der Waals surface area contributed by atoms with Gasteiger partial charge >= 0.3 is 0 Å². The summed E-state index contributed by atoms with van der Waals surface area (Å²) in [7, 11) is -3.44. The molecule has 1 fully saturated rings. The average Bonchev–Trinajstić information content (AvgIpc) is 2.94. The van der Waals surface area contributed by atoms with Gasteiger partial charge in [0.2, 0.25) is 10.0 Å². The second-order valence-corrected chi connectivity index (χ2v) is 10.0. The number of hydrogen-bond donors (Lipinski definition) is 1. The molecular formula is C16H28N2O3S2. The number of hydrogen-bond acceptors (Lipinski definition) is 5. The second-order valence-electron chi connectivity index (χ2n) is 6.87. The van der Waals surface area contributed by atoms with Gasteiger partial charge in [-0.2, -0.15) is 0 Å². The topological polar surface area (TPSA) is 58.6 Å². The van der Waals surface area contributed by atoms with Crippen LogP contribution < -0.4 is 4.72 Å². The molecule has 0 radical (unpaired) electrons. The first-order chi connectivity index (χ1) is 10.6. The molecule has 2 unspecified atom stereocenters. The molecule has 1 saturated heterocycles. The largest absolute Gasteiger partial charge is 0.373 e. The quantitative estimate of drug-likeness (QED) is 0.847. The summed E-state index contributed by atoms with van der Waals surface area (Å²) < 4.78 is 33.9. The molecule has 2 rings (SSSR count). The number of ether oxygens (including phenoxy) is 1. The van der Waals surface area contributed by atoms with Gasteiger partial charge in [0.05, 0.1) is 12.2 Å². The molecule has 132 valence electrons. The number of sulfonamides is 1. The van der Waals surface area contributed by atoms with Gasteiger partial charge in [0.1, 0.15) is 4.21 Å². The van der Waals surface area contributed by atoms with Crippen molar-refractivity contribution in [2.24, 2.45) is 0 Å². The van der Waals surface area contributed by atoms with E-state index in [0.29, 0.717) is 10.8 Å². The van der Waals surface area contributed by atoms with Crippen molar-refractivity contribution in [2.45, 2.75) is 63.0 Å². The summed E-state index contributed by atoms with van der Waals surface area (Å²) >= 11 is 1.34. The van der Waals surface area contributed by atoms with Crippen LogP contribution in [0.4, 0.5) is 0 Å². The van der Waals surface area contributed by atoms with Crippen LogP contribution in [0.5, 0.6) is 0 Å². The highest BCUT2D eigenvalue weighted by Gasteiger charge is 2.34. The summed E-state index contributed by atoms with van der Waals surface area (Å²) in [6, 6.07) is 3.58. The Kier molecular flexibility index (Phi) is 5.90. The number of morpholine rings is 1. The predicted molar refractivity (Wildman–Crippen MR) is 94.5 cm³/mol. The van der Waals surface area contributed by atoms with Crippen LogP contribution in [0.3, 0.4) is 0 Å². The Bertz CT molecular complexity index is 615. The molecule has 2 atom stereocenters. The van der Waals surface area contributed by atoms with Crippen LogP contribution in [0.25, 0.3) is 0 Å². The Balaban J connectivity index is 2.02. The van der Waals surface area contributed by atoms with E-state index in [9.17, 15) is 8.42 Å². The molecule has 1 aromatic rings. The van der Waals surface area contributed by atoms with Gasteiger partial charge in [-0.15, -0.1) is 11.3 Å². The van der Waals surface area contributed by atoms with Crippen LogP contribution in [0.1, 0.15) is 39.5 Å². The second kappa shape index (κ2) is 7.19. The molecule has 5 nitrogen and oxygen atoms in total. The lowest BCUT2D eigenvalue weighted by Crippen LogP contribution is -2.58. The van der Waals surface area contributed by atoms with E-state index >= 15 is 0 Å². The maximum atomic E-state index is 12.5. The first-order valence-electron chi connectivity index (χ1n) is 8.13. The van der Waals surface area contributed by atoms with Crippen molar-refractivity contribution in [1.29, 1.82) is 0 Å². The van der Waals surface area contributed by atoms with E-state index < -0.39 is 10.0 Å². The Morgan fingerprint density at radius 1 is 1.30 bits per heavy atom. The molecule has 1 aromatic heterocycles. The predicted octanol–water partition coefficient (Wildman–Crippen LogP) is 2.48. The van der Waals surface area contributed by atoms with Crippen molar-refractivity contribution in [2.75, 3.05) is 19.6 Å². The highest BCUT2D eigenvalue weighted by molar-refractivity contribution is 7.91. The van der Waals surface area contributed by atoms with Crippen LogP contribution in [-0.4, -0.2) is 50.7 Å². The minimum atomic E-state index is -3.44. The summed E-state index contributed by atoms with van der Waals surface area (Å²) in [6.07, 6.45) is 1.19. The van der Waals surface area contributed by atoms with Gasteiger partial charge in [0.15, 0.2) is 0 Å². The molecule has 1 aliphatic rings. The highest BCUT2D eigenvalue weighted by Crippen LogP contribution is 2.24. The van der Waals surface area contributed by atoms with Gasteiger partial charge in [0, 0.05) is 30.1 Å². The SMILES string of the molecule is CCc1ccc(S(=O)(=O)NCC(C)(C)N2CC(C)OC(C)C2)s1. The maximum absolute atomic E-state index is 12.5. The van der Waals surface area contributed by atoms with Crippen molar-refractivity contribution >= 4 is 21.4 Å². The normalized spacial score (nSPS) is 24.0. The molecule has 2 heterocycles. The standard InChI is InChI=1S/C16H28N2O3S2/c1-6-14-7-8-15(22-14)23(19,20)17-11-16(4,5)18-9-12(2)21-13(3)10-18/h7-8,12-13,17H,6,9-11H2,1-5H3. The molecule has 0 bridgehead atoms. The van der Waals surface area contributed by atoms with Crippen molar-refractivity contribution in [3.05, 3.63) is 17.0 Å². The first kappa shape index (κ1) is 18.9. The molecule has 0 spiro atoms. The van der Waals surface area contributed by atoms with Crippen LogP contribution in [0.2, 0.25) is 0 Å². The Hall–Kier alpha value is -0.470. The van der Waals surface area contributed by atoms with E-state index in [-0.39, 0.29) is 17.7 Å². The number of rotatable bonds is 6. The van der Waals surface area contributed by atoms with Crippen LogP contribution >= 0.6 is 11.3 Å². The average molecular weight is 361 g/mol. The summed E-state index contributed by atoms with van der Waals surface area (Å²) in [5, 5.41) is 0. The zero-order valence-electron chi connectivity index (χ0n) is 14.6. The number of thiophene rings is 1. The van der Waals surface area contributed by atoms with Gasteiger partial charge in [0.25, 0.3) is 0 Å². The number of aryl methyl sites for hydroxylation is 1. The van der Waals surface area contributed by atoms with Crippen LogP contribution in [0.15, 0.2) is 16.3 Å². The molecule has 0 amide bonds. The van der Waals surface area contributed by atoms with Crippen molar-refractivity contribution in [1.82, 2.24) is 9.62 Å². The summed E-state index contributed by atoms with van der Waals surface area (Å²) in [5.74, 6) is 0. The van der Waals surface area contributed by atoms with Gasteiger partial charge in [-0.25, -0.2) is 13.1 Å². The molecular weight excluding hydrogens is 332 g/mol. The Morgan fingerprint density at radius 3 is 2.43 bits per heavy atom. The summed E-state index contributed by atoms with van der Waals surface area (Å²) in [6.45, 7) is 12.3. The van der Waals surface area contributed by atoms with Crippen LogP contribution in [0, 0.1) is 0 Å². The van der Waals surface area contributed by atoms with Crippen molar-refractivity contribution in [3.8, 4) is 0 Å². The lowest BCUT2D eigenvalue weighted by Gasteiger charge is -2.45. The van der Waals surface area contributed by atoms with E-state index in [1.54, 1.807) is 6.07 Å². The molecule has 23 heavy (non-hydrogen) atoms. The minimum absolute atomic E-state index is 0.166. The van der Waals surface area contributed by atoms with Crippen LogP contribution in [-0.2, 0) is 21.2 Å². The van der Waals surface area contributed by atoms with Gasteiger partial charge in [-0.05, 0) is 46.2 Å². The molecule has 0 saturated carbocycles. The Morgan fingerprint density at radius 2 is 1.91 bits per heavy atom.